The fourth-order valence-electron chi connectivity index (χ4n) is 2.02. The molecule has 1 aromatic carbocycles. The Morgan fingerprint density at radius 3 is 2.43 bits per heavy atom. The highest BCUT2D eigenvalue weighted by Crippen LogP contribution is 2.12. The van der Waals surface area contributed by atoms with Crippen LogP contribution in [0.4, 0.5) is 10.1 Å². The molecular weight excluding hydrogens is 271 g/mol. The SMILES string of the molecule is CCCCC(CC)C(=O)NCC(=O)Nc1ccc(F)cc1. The van der Waals surface area contributed by atoms with E-state index < -0.39 is 0 Å². The van der Waals surface area contributed by atoms with Gasteiger partial charge in [-0.1, -0.05) is 26.7 Å². The van der Waals surface area contributed by atoms with Gasteiger partial charge in [-0.05, 0) is 37.1 Å². The Kier molecular flexibility index (Phi) is 7.43. The van der Waals surface area contributed by atoms with Gasteiger partial charge in [-0.25, -0.2) is 4.39 Å². The number of halogens is 1. The monoisotopic (exact) mass is 294 g/mol. The lowest BCUT2D eigenvalue weighted by atomic mass is 9.98. The standard InChI is InChI=1S/C16H23FN2O2/c1-3-5-6-12(4-2)16(21)18-11-15(20)19-14-9-7-13(17)8-10-14/h7-10,12H,3-6,11H2,1-2H3,(H,18,21)(H,19,20). The molecule has 0 radical (unpaired) electrons. The third-order valence-electron chi connectivity index (χ3n) is 3.32. The third-order valence-corrected chi connectivity index (χ3v) is 3.32. The number of benzene rings is 1. The van der Waals surface area contributed by atoms with Crippen LogP contribution in [0, 0.1) is 11.7 Å². The molecule has 0 bridgehead atoms. The van der Waals surface area contributed by atoms with Crippen molar-refractivity contribution >= 4 is 17.5 Å². The molecule has 0 saturated carbocycles. The molecule has 1 aromatic rings. The molecule has 5 heteroatoms. The van der Waals surface area contributed by atoms with Gasteiger partial charge in [0.15, 0.2) is 0 Å². The van der Waals surface area contributed by atoms with E-state index in [4.69, 9.17) is 0 Å². The topological polar surface area (TPSA) is 58.2 Å². The number of carbonyl (C=O) groups excluding carboxylic acids is 2. The Bertz CT molecular complexity index is 460. The van der Waals surface area contributed by atoms with Gasteiger partial charge in [0.05, 0.1) is 6.54 Å². The highest BCUT2D eigenvalue weighted by Gasteiger charge is 2.16. The van der Waals surface area contributed by atoms with Crippen molar-refractivity contribution in [3.63, 3.8) is 0 Å². The summed E-state index contributed by atoms with van der Waals surface area (Å²) in [6.45, 7) is 3.98. The van der Waals surface area contributed by atoms with Crippen molar-refractivity contribution in [3.05, 3.63) is 30.1 Å². The van der Waals surface area contributed by atoms with Crippen molar-refractivity contribution in [1.82, 2.24) is 5.32 Å². The minimum Gasteiger partial charge on any atom is -0.347 e. The number of anilines is 1. The predicted molar refractivity (Wildman–Crippen MR) is 81.3 cm³/mol. The first-order valence-corrected chi connectivity index (χ1v) is 7.40. The summed E-state index contributed by atoms with van der Waals surface area (Å²) in [6, 6.07) is 5.49. The van der Waals surface area contributed by atoms with E-state index in [9.17, 15) is 14.0 Å². The van der Waals surface area contributed by atoms with Crippen molar-refractivity contribution < 1.29 is 14.0 Å². The zero-order valence-corrected chi connectivity index (χ0v) is 12.6. The minimum absolute atomic E-state index is 0.0384. The highest BCUT2D eigenvalue weighted by atomic mass is 19.1. The summed E-state index contributed by atoms with van der Waals surface area (Å²) >= 11 is 0. The number of hydrogen-bond donors (Lipinski definition) is 2. The number of rotatable bonds is 8. The second kappa shape index (κ2) is 9.10. The Morgan fingerprint density at radius 1 is 1.19 bits per heavy atom. The Balaban J connectivity index is 2.37. The van der Waals surface area contributed by atoms with Crippen LogP contribution in [0.1, 0.15) is 39.5 Å². The quantitative estimate of drug-likeness (QED) is 0.774. The summed E-state index contributed by atoms with van der Waals surface area (Å²) in [4.78, 5) is 23.6. The lowest BCUT2D eigenvalue weighted by Gasteiger charge is -2.14. The molecule has 0 aliphatic heterocycles. The lowest BCUT2D eigenvalue weighted by Crippen LogP contribution is -2.36. The second-order valence-electron chi connectivity index (χ2n) is 5.02. The van der Waals surface area contributed by atoms with Crippen LogP contribution in [0.15, 0.2) is 24.3 Å². The number of amides is 2. The van der Waals surface area contributed by atoms with Gasteiger partial charge in [0.1, 0.15) is 5.82 Å². The molecule has 0 saturated heterocycles. The van der Waals surface area contributed by atoms with Crippen LogP contribution in [-0.2, 0) is 9.59 Å². The van der Waals surface area contributed by atoms with Crippen molar-refractivity contribution in [2.24, 2.45) is 5.92 Å². The van der Waals surface area contributed by atoms with Gasteiger partial charge >= 0.3 is 0 Å². The summed E-state index contributed by atoms with van der Waals surface area (Å²) < 4.78 is 12.7. The van der Waals surface area contributed by atoms with E-state index >= 15 is 0 Å². The fraction of sp³-hybridized carbons (Fsp3) is 0.500. The predicted octanol–water partition coefficient (Wildman–Crippen LogP) is 3.10. The van der Waals surface area contributed by atoms with Crippen molar-refractivity contribution in [2.45, 2.75) is 39.5 Å². The molecule has 0 heterocycles. The molecule has 0 aliphatic rings. The molecule has 21 heavy (non-hydrogen) atoms. The number of carbonyl (C=O) groups is 2. The number of hydrogen-bond acceptors (Lipinski definition) is 2. The zero-order valence-electron chi connectivity index (χ0n) is 12.6. The van der Waals surface area contributed by atoms with Gasteiger partial charge in [0.2, 0.25) is 11.8 Å². The maximum atomic E-state index is 12.7. The van der Waals surface area contributed by atoms with Gasteiger partial charge in [-0.2, -0.15) is 0 Å². The Morgan fingerprint density at radius 2 is 1.86 bits per heavy atom. The van der Waals surface area contributed by atoms with E-state index in [-0.39, 0.29) is 30.1 Å². The summed E-state index contributed by atoms with van der Waals surface area (Å²) in [7, 11) is 0. The molecule has 2 N–H and O–H groups in total. The van der Waals surface area contributed by atoms with Crippen molar-refractivity contribution in [1.29, 1.82) is 0 Å². The van der Waals surface area contributed by atoms with Gasteiger partial charge in [0.25, 0.3) is 0 Å². The first-order chi connectivity index (χ1) is 10.1. The van der Waals surface area contributed by atoms with E-state index in [1.165, 1.54) is 24.3 Å². The average Bonchev–Trinajstić information content (AvgIpc) is 2.48. The molecule has 1 rings (SSSR count). The number of nitrogens with one attached hydrogen (secondary N) is 2. The van der Waals surface area contributed by atoms with Crippen LogP contribution >= 0.6 is 0 Å². The van der Waals surface area contributed by atoms with E-state index in [0.717, 1.165) is 25.7 Å². The second-order valence-corrected chi connectivity index (χ2v) is 5.02. The van der Waals surface area contributed by atoms with Crippen LogP contribution in [0.2, 0.25) is 0 Å². The Labute approximate surface area is 125 Å². The van der Waals surface area contributed by atoms with Crippen LogP contribution < -0.4 is 10.6 Å². The summed E-state index contributed by atoms with van der Waals surface area (Å²) in [5.41, 5.74) is 0.508. The minimum atomic E-state index is -0.358. The normalized spacial score (nSPS) is 11.8. The molecule has 0 fully saturated rings. The first kappa shape index (κ1) is 17.1. The zero-order chi connectivity index (χ0) is 15.7. The van der Waals surface area contributed by atoms with Crippen LogP contribution in [0.3, 0.4) is 0 Å². The van der Waals surface area contributed by atoms with E-state index in [1.807, 2.05) is 6.92 Å². The molecule has 116 valence electrons. The molecule has 1 unspecified atom stereocenters. The summed E-state index contributed by atoms with van der Waals surface area (Å²) in [5.74, 6) is -0.799. The third kappa shape index (κ3) is 6.38. The van der Waals surface area contributed by atoms with Gasteiger partial charge < -0.3 is 10.6 Å². The summed E-state index contributed by atoms with van der Waals surface area (Å²) in [5, 5.41) is 5.25. The molecule has 0 aromatic heterocycles. The van der Waals surface area contributed by atoms with E-state index in [2.05, 4.69) is 17.6 Å². The highest BCUT2D eigenvalue weighted by molar-refractivity contribution is 5.94. The van der Waals surface area contributed by atoms with Crippen molar-refractivity contribution in [2.75, 3.05) is 11.9 Å². The first-order valence-electron chi connectivity index (χ1n) is 7.40. The number of unbranched alkanes of at least 4 members (excludes halogenated alkanes) is 1. The van der Waals surface area contributed by atoms with Gasteiger partial charge in [-0.3, -0.25) is 9.59 Å². The van der Waals surface area contributed by atoms with Crippen LogP contribution in [0.5, 0.6) is 0 Å². The Hall–Kier alpha value is -1.91. The molecule has 1 atom stereocenters. The van der Waals surface area contributed by atoms with Crippen molar-refractivity contribution in [3.8, 4) is 0 Å². The molecular formula is C16H23FN2O2. The summed E-state index contributed by atoms with van der Waals surface area (Å²) in [6.07, 6.45) is 3.67. The van der Waals surface area contributed by atoms with Gasteiger partial charge in [0, 0.05) is 11.6 Å². The largest absolute Gasteiger partial charge is 0.347 e. The average molecular weight is 294 g/mol. The lowest BCUT2D eigenvalue weighted by molar-refractivity contribution is -0.127. The van der Waals surface area contributed by atoms with E-state index in [1.54, 1.807) is 0 Å². The molecule has 2 amide bonds. The fourth-order valence-corrected chi connectivity index (χ4v) is 2.02. The molecule has 0 spiro atoms. The smallest absolute Gasteiger partial charge is 0.243 e. The molecule has 0 aliphatic carbocycles. The van der Waals surface area contributed by atoms with Crippen LogP contribution in [-0.4, -0.2) is 18.4 Å². The maximum absolute atomic E-state index is 12.7. The molecule has 4 nitrogen and oxygen atoms in total. The maximum Gasteiger partial charge on any atom is 0.243 e. The van der Waals surface area contributed by atoms with Crippen LogP contribution in [0.25, 0.3) is 0 Å². The van der Waals surface area contributed by atoms with E-state index in [0.29, 0.717) is 5.69 Å². The van der Waals surface area contributed by atoms with Gasteiger partial charge in [-0.15, -0.1) is 0 Å².